The summed E-state index contributed by atoms with van der Waals surface area (Å²) in [5.74, 6) is -0.564. The quantitative estimate of drug-likeness (QED) is 0.890. The van der Waals surface area contributed by atoms with Crippen molar-refractivity contribution in [1.82, 2.24) is 9.62 Å². The van der Waals surface area contributed by atoms with Crippen molar-refractivity contribution < 1.29 is 17.6 Å². The van der Waals surface area contributed by atoms with Crippen LogP contribution in [-0.2, 0) is 14.8 Å². The van der Waals surface area contributed by atoms with Crippen LogP contribution in [0.4, 0.5) is 4.39 Å². The molecular formula is C16H23FN2O3S. The van der Waals surface area contributed by atoms with Gasteiger partial charge in [0.25, 0.3) is 0 Å². The molecule has 0 aromatic heterocycles. The lowest BCUT2D eigenvalue weighted by Crippen LogP contribution is -2.45. The van der Waals surface area contributed by atoms with E-state index in [-0.39, 0.29) is 23.3 Å². The first-order valence-corrected chi connectivity index (χ1v) is 9.28. The molecule has 1 N–H and O–H groups in total. The van der Waals surface area contributed by atoms with E-state index in [1.165, 1.54) is 16.4 Å². The van der Waals surface area contributed by atoms with Crippen molar-refractivity contribution in [3.8, 4) is 0 Å². The third-order valence-corrected chi connectivity index (χ3v) is 5.77. The van der Waals surface area contributed by atoms with Gasteiger partial charge in [-0.3, -0.25) is 4.79 Å². The predicted octanol–water partition coefficient (Wildman–Crippen LogP) is 2.00. The molecule has 2 rings (SSSR count). The van der Waals surface area contributed by atoms with Crippen LogP contribution in [0.1, 0.15) is 26.7 Å². The standard InChI is InChI=1S/C16H23FN2O3S/c1-12(2)10-18-16(20)13-4-3-9-19(11-13)23(21,22)15-7-5-14(17)6-8-15/h5-8,12-13H,3-4,9-11H2,1-2H3,(H,18,20)/t13-/m0/s1. The van der Waals surface area contributed by atoms with Crippen molar-refractivity contribution >= 4 is 15.9 Å². The molecule has 1 aliphatic heterocycles. The van der Waals surface area contributed by atoms with Gasteiger partial charge in [0.1, 0.15) is 5.82 Å². The number of halogens is 1. The van der Waals surface area contributed by atoms with Crippen molar-refractivity contribution in [2.75, 3.05) is 19.6 Å². The van der Waals surface area contributed by atoms with E-state index in [2.05, 4.69) is 5.32 Å². The molecule has 0 spiro atoms. The molecule has 0 radical (unpaired) electrons. The second-order valence-corrected chi connectivity index (χ2v) is 8.23. The van der Waals surface area contributed by atoms with E-state index in [1.807, 2.05) is 13.8 Å². The zero-order chi connectivity index (χ0) is 17.0. The lowest BCUT2D eigenvalue weighted by Gasteiger charge is -2.31. The van der Waals surface area contributed by atoms with Crippen LogP contribution in [0.5, 0.6) is 0 Å². The summed E-state index contributed by atoms with van der Waals surface area (Å²) in [6.45, 7) is 5.15. The molecule has 0 saturated carbocycles. The molecule has 1 aromatic rings. The Balaban J connectivity index is 2.08. The Hall–Kier alpha value is -1.47. The van der Waals surface area contributed by atoms with E-state index >= 15 is 0 Å². The fourth-order valence-electron chi connectivity index (χ4n) is 2.58. The second kappa shape index (κ2) is 7.40. The number of benzene rings is 1. The number of nitrogens with zero attached hydrogens (tertiary/aromatic N) is 1. The molecule has 1 atom stereocenters. The summed E-state index contributed by atoms with van der Waals surface area (Å²) >= 11 is 0. The minimum absolute atomic E-state index is 0.0575. The second-order valence-electron chi connectivity index (χ2n) is 6.30. The largest absolute Gasteiger partial charge is 0.356 e. The molecule has 0 unspecified atom stereocenters. The van der Waals surface area contributed by atoms with Crippen LogP contribution in [0.3, 0.4) is 0 Å². The average molecular weight is 342 g/mol. The smallest absolute Gasteiger partial charge is 0.243 e. The Morgan fingerprint density at radius 3 is 2.61 bits per heavy atom. The first-order valence-electron chi connectivity index (χ1n) is 7.84. The van der Waals surface area contributed by atoms with E-state index in [0.717, 1.165) is 12.1 Å². The maximum atomic E-state index is 13.0. The number of nitrogens with one attached hydrogen (secondary N) is 1. The molecule has 23 heavy (non-hydrogen) atoms. The van der Waals surface area contributed by atoms with E-state index in [1.54, 1.807) is 0 Å². The van der Waals surface area contributed by atoms with Crippen molar-refractivity contribution in [2.45, 2.75) is 31.6 Å². The lowest BCUT2D eigenvalue weighted by molar-refractivity contribution is -0.126. The Morgan fingerprint density at radius 2 is 2.00 bits per heavy atom. The van der Waals surface area contributed by atoms with Crippen molar-refractivity contribution in [1.29, 1.82) is 0 Å². The third kappa shape index (κ3) is 4.51. The van der Waals surface area contributed by atoms with Gasteiger partial charge in [-0.15, -0.1) is 0 Å². The van der Waals surface area contributed by atoms with Crippen LogP contribution >= 0.6 is 0 Å². The Bertz CT molecular complexity index is 644. The molecule has 0 bridgehead atoms. The highest BCUT2D eigenvalue weighted by Crippen LogP contribution is 2.24. The van der Waals surface area contributed by atoms with Gasteiger partial charge in [-0.25, -0.2) is 12.8 Å². The molecule has 1 saturated heterocycles. The molecule has 7 heteroatoms. The molecular weight excluding hydrogens is 319 g/mol. The van der Waals surface area contributed by atoms with Crippen molar-refractivity contribution in [2.24, 2.45) is 11.8 Å². The molecule has 0 aliphatic carbocycles. The maximum Gasteiger partial charge on any atom is 0.243 e. The van der Waals surface area contributed by atoms with E-state index in [0.29, 0.717) is 31.8 Å². The number of hydrogen-bond donors (Lipinski definition) is 1. The predicted molar refractivity (Wildman–Crippen MR) is 85.7 cm³/mol. The van der Waals surface area contributed by atoms with E-state index in [9.17, 15) is 17.6 Å². The van der Waals surface area contributed by atoms with E-state index in [4.69, 9.17) is 0 Å². The summed E-state index contributed by atoms with van der Waals surface area (Å²) in [4.78, 5) is 12.2. The fraction of sp³-hybridized carbons (Fsp3) is 0.562. The minimum atomic E-state index is -3.69. The molecule has 1 heterocycles. The van der Waals surface area contributed by atoms with Crippen LogP contribution in [0, 0.1) is 17.7 Å². The first-order chi connectivity index (χ1) is 10.8. The number of hydrogen-bond acceptors (Lipinski definition) is 3. The number of carbonyl (C=O) groups is 1. The van der Waals surface area contributed by atoms with Crippen LogP contribution in [-0.4, -0.2) is 38.3 Å². The molecule has 1 amide bonds. The normalized spacial score (nSPS) is 19.7. The van der Waals surface area contributed by atoms with E-state index < -0.39 is 15.8 Å². The average Bonchev–Trinajstić information content (AvgIpc) is 2.53. The van der Waals surface area contributed by atoms with Gasteiger partial charge in [0.15, 0.2) is 0 Å². The summed E-state index contributed by atoms with van der Waals surface area (Å²) in [5, 5.41) is 2.86. The summed E-state index contributed by atoms with van der Waals surface area (Å²) in [6.07, 6.45) is 1.32. The summed E-state index contributed by atoms with van der Waals surface area (Å²) in [6, 6.07) is 4.77. The van der Waals surface area contributed by atoms with Crippen molar-refractivity contribution in [3.05, 3.63) is 30.1 Å². The number of piperidine rings is 1. The third-order valence-electron chi connectivity index (χ3n) is 3.89. The molecule has 5 nitrogen and oxygen atoms in total. The SMILES string of the molecule is CC(C)CNC(=O)[C@H]1CCCN(S(=O)(=O)c2ccc(F)cc2)C1. The maximum absolute atomic E-state index is 13.0. The Kier molecular flexibility index (Phi) is 5.75. The number of carbonyl (C=O) groups excluding carboxylic acids is 1. The Labute approximate surface area is 136 Å². The highest BCUT2D eigenvalue weighted by molar-refractivity contribution is 7.89. The zero-order valence-corrected chi connectivity index (χ0v) is 14.3. The summed E-state index contributed by atoms with van der Waals surface area (Å²) in [7, 11) is -3.69. The van der Waals surface area contributed by atoms with Gasteiger partial charge in [0, 0.05) is 19.6 Å². The number of sulfonamides is 1. The van der Waals surface area contributed by atoms with Gasteiger partial charge >= 0.3 is 0 Å². The number of rotatable bonds is 5. The van der Waals surface area contributed by atoms with Gasteiger partial charge in [0.05, 0.1) is 10.8 Å². The van der Waals surface area contributed by atoms with Gasteiger partial charge in [-0.1, -0.05) is 13.8 Å². The van der Waals surface area contributed by atoms with Gasteiger partial charge < -0.3 is 5.32 Å². The van der Waals surface area contributed by atoms with Crippen LogP contribution < -0.4 is 5.32 Å². The van der Waals surface area contributed by atoms with Gasteiger partial charge in [-0.05, 0) is 43.0 Å². The fourth-order valence-corrected chi connectivity index (χ4v) is 4.10. The van der Waals surface area contributed by atoms with Gasteiger partial charge in [0.2, 0.25) is 15.9 Å². The zero-order valence-electron chi connectivity index (χ0n) is 13.5. The monoisotopic (exact) mass is 342 g/mol. The molecule has 1 aliphatic rings. The van der Waals surface area contributed by atoms with Crippen LogP contribution in [0.15, 0.2) is 29.2 Å². The highest BCUT2D eigenvalue weighted by atomic mass is 32.2. The Morgan fingerprint density at radius 1 is 1.35 bits per heavy atom. The molecule has 1 aromatic carbocycles. The topological polar surface area (TPSA) is 66.5 Å². The molecule has 128 valence electrons. The minimum Gasteiger partial charge on any atom is -0.356 e. The van der Waals surface area contributed by atoms with Crippen molar-refractivity contribution in [3.63, 3.8) is 0 Å². The summed E-state index contributed by atoms with van der Waals surface area (Å²) < 4.78 is 39.5. The summed E-state index contributed by atoms with van der Waals surface area (Å²) in [5.41, 5.74) is 0. The van der Waals surface area contributed by atoms with Gasteiger partial charge in [-0.2, -0.15) is 4.31 Å². The van der Waals surface area contributed by atoms with Crippen LogP contribution in [0.2, 0.25) is 0 Å². The lowest BCUT2D eigenvalue weighted by atomic mass is 9.98. The first kappa shape index (κ1) is 17.9. The highest BCUT2D eigenvalue weighted by Gasteiger charge is 2.33. The number of amides is 1. The molecule has 1 fully saturated rings. The van der Waals surface area contributed by atoms with Crippen LogP contribution in [0.25, 0.3) is 0 Å².